The number of ether oxygens (including phenoxy) is 2. The fourth-order valence-electron chi connectivity index (χ4n) is 3.20. The first kappa shape index (κ1) is 25.5. The minimum atomic E-state index is -3.95. The lowest BCUT2D eigenvalue weighted by molar-refractivity contribution is -0.136. The van der Waals surface area contributed by atoms with Crippen molar-refractivity contribution in [2.24, 2.45) is 0 Å². The van der Waals surface area contributed by atoms with Gasteiger partial charge in [0.15, 0.2) is 0 Å². The maximum Gasteiger partial charge on any atom is 0.412 e. The first-order valence-corrected chi connectivity index (χ1v) is 12.5. The molecule has 3 aromatic rings. The van der Waals surface area contributed by atoms with Crippen molar-refractivity contribution in [2.45, 2.75) is 38.2 Å². The molecule has 0 fully saturated rings. The lowest BCUT2D eigenvalue weighted by Gasteiger charge is -2.20. The molecule has 1 heterocycles. The number of benzene rings is 2. The molecule has 180 valence electrons. The number of esters is 1. The summed E-state index contributed by atoms with van der Waals surface area (Å²) >= 11 is 3.46. The monoisotopic (exact) mass is 548 g/mol. The van der Waals surface area contributed by atoms with Crippen LogP contribution >= 0.6 is 15.9 Å². The van der Waals surface area contributed by atoms with E-state index in [4.69, 9.17) is 9.47 Å². The van der Waals surface area contributed by atoms with Crippen LogP contribution in [0.5, 0.6) is 0 Å². The molecule has 0 aliphatic heterocycles. The maximum absolute atomic E-state index is 13.4. The first-order valence-electron chi connectivity index (χ1n) is 10.3. The van der Waals surface area contributed by atoms with E-state index in [1.54, 1.807) is 51.1 Å². The standard InChI is InChI=1S/C24H25BrN2O6S/c1-15-9-11-17(12-10-15)34(30,31)27-14-16(21-18(25)7-6-8-20(21)27)13-19(22(28)32-5)26-23(29)33-24(2,3)4/h6-14H,1-5H3,(H,26,29)/b19-13-. The van der Waals surface area contributed by atoms with E-state index in [1.807, 2.05) is 6.92 Å². The molecule has 1 amide bonds. The van der Waals surface area contributed by atoms with Crippen molar-refractivity contribution in [3.63, 3.8) is 0 Å². The summed E-state index contributed by atoms with van der Waals surface area (Å²) in [6, 6.07) is 11.6. The summed E-state index contributed by atoms with van der Waals surface area (Å²) in [6.07, 6.45) is 1.90. The third kappa shape index (κ3) is 5.51. The number of aromatic nitrogens is 1. The van der Waals surface area contributed by atoms with Gasteiger partial charge in [-0.05, 0) is 58.0 Å². The third-order valence-corrected chi connectivity index (χ3v) is 7.04. The summed E-state index contributed by atoms with van der Waals surface area (Å²) in [5, 5.41) is 2.93. The lowest BCUT2D eigenvalue weighted by atomic mass is 10.1. The van der Waals surface area contributed by atoms with Crippen LogP contribution in [-0.2, 0) is 24.3 Å². The number of halogens is 1. The van der Waals surface area contributed by atoms with Gasteiger partial charge in [-0.2, -0.15) is 0 Å². The van der Waals surface area contributed by atoms with Crippen molar-refractivity contribution in [3.8, 4) is 0 Å². The van der Waals surface area contributed by atoms with Gasteiger partial charge in [-0.1, -0.05) is 39.7 Å². The molecule has 0 saturated heterocycles. The predicted molar refractivity (Wildman–Crippen MR) is 133 cm³/mol. The number of alkyl carbamates (subject to hydrolysis) is 1. The summed E-state index contributed by atoms with van der Waals surface area (Å²) in [6.45, 7) is 6.94. The summed E-state index contributed by atoms with van der Waals surface area (Å²) in [5.74, 6) is -0.819. The minimum Gasteiger partial charge on any atom is -0.464 e. The fraction of sp³-hybridized carbons (Fsp3) is 0.250. The number of aryl methyl sites for hydroxylation is 1. The van der Waals surface area contributed by atoms with Crippen molar-refractivity contribution in [2.75, 3.05) is 7.11 Å². The van der Waals surface area contributed by atoms with Crippen LogP contribution in [0.2, 0.25) is 0 Å². The van der Waals surface area contributed by atoms with E-state index in [0.29, 0.717) is 20.9 Å². The molecule has 0 saturated carbocycles. The van der Waals surface area contributed by atoms with Gasteiger partial charge in [-0.15, -0.1) is 0 Å². The van der Waals surface area contributed by atoms with E-state index >= 15 is 0 Å². The van der Waals surface area contributed by atoms with E-state index in [9.17, 15) is 18.0 Å². The van der Waals surface area contributed by atoms with E-state index in [2.05, 4.69) is 21.2 Å². The van der Waals surface area contributed by atoms with Crippen molar-refractivity contribution in [1.29, 1.82) is 0 Å². The number of methoxy groups -OCH3 is 1. The molecule has 0 unspecified atom stereocenters. The molecule has 10 heteroatoms. The van der Waals surface area contributed by atoms with Crippen LogP contribution < -0.4 is 5.32 Å². The van der Waals surface area contributed by atoms with Gasteiger partial charge >= 0.3 is 12.1 Å². The molecule has 1 N–H and O–H groups in total. The number of fused-ring (bicyclic) bond motifs is 1. The average molecular weight is 549 g/mol. The normalized spacial score (nSPS) is 12.5. The first-order chi connectivity index (χ1) is 15.8. The van der Waals surface area contributed by atoms with Crippen LogP contribution in [0.15, 0.2) is 63.7 Å². The topological polar surface area (TPSA) is 104 Å². The number of carbonyl (C=O) groups is 2. The Kier molecular flexibility index (Phi) is 7.23. The number of nitrogens with zero attached hydrogens (tertiary/aromatic N) is 1. The van der Waals surface area contributed by atoms with E-state index < -0.39 is 27.7 Å². The summed E-state index contributed by atoms with van der Waals surface area (Å²) in [5.41, 5.74) is 0.696. The number of amides is 1. The molecule has 2 aromatic carbocycles. The van der Waals surface area contributed by atoms with Crippen LogP contribution in [0.4, 0.5) is 4.79 Å². The van der Waals surface area contributed by atoms with Crippen LogP contribution in [0.3, 0.4) is 0 Å². The van der Waals surface area contributed by atoms with Gasteiger partial charge in [0.1, 0.15) is 11.3 Å². The Labute approximate surface area is 206 Å². The van der Waals surface area contributed by atoms with Crippen molar-refractivity contribution >= 4 is 55.0 Å². The van der Waals surface area contributed by atoms with Gasteiger partial charge in [0.05, 0.1) is 17.5 Å². The van der Waals surface area contributed by atoms with Crippen molar-refractivity contribution < 1.29 is 27.5 Å². The number of hydrogen-bond donors (Lipinski definition) is 1. The SMILES string of the molecule is COC(=O)/C(=C/c1cn(S(=O)(=O)c2ccc(C)cc2)c2cccc(Br)c12)NC(=O)OC(C)(C)C. The maximum atomic E-state index is 13.4. The average Bonchev–Trinajstić information content (AvgIpc) is 3.12. The summed E-state index contributed by atoms with van der Waals surface area (Å²) in [7, 11) is -2.77. The highest BCUT2D eigenvalue weighted by molar-refractivity contribution is 9.10. The molecule has 1 aromatic heterocycles. The van der Waals surface area contributed by atoms with Gasteiger partial charge in [-0.25, -0.2) is 22.0 Å². The number of nitrogens with one attached hydrogen (secondary N) is 1. The molecule has 34 heavy (non-hydrogen) atoms. The Morgan fingerprint density at radius 1 is 1.09 bits per heavy atom. The molecule has 0 radical (unpaired) electrons. The Balaban J connectivity index is 2.18. The number of rotatable bonds is 5. The van der Waals surface area contributed by atoms with Crippen LogP contribution in [0.1, 0.15) is 31.9 Å². The van der Waals surface area contributed by atoms with Crippen LogP contribution in [-0.4, -0.2) is 37.2 Å². The highest BCUT2D eigenvalue weighted by Crippen LogP contribution is 2.33. The molecule has 0 atom stereocenters. The summed E-state index contributed by atoms with van der Waals surface area (Å²) in [4.78, 5) is 24.8. The van der Waals surface area contributed by atoms with Crippen molar-refractivity contribution in [1.82, 2.24) is 9.29 Å². The Morgan fingerprint density at radius 3 is 2.32 bits per heavy atom. The van der Waals surface area contributed by atoms with Gasteiger partial charge in [0.2, 0.25) is 0 Å². The van der Waals surface area contributed by atoms with Crippen LogP contribution in [0, 0.1) is 6.92 Å². The van der Waals surface area contributed by atoms with Crippen LogP contribution in [0.25, 0.3) is 17.0 Å². The lowest BCUT2D eigenvalue weighted by Crippen LogP contribution is -2.34. The number of carbonyl (C=O) groups excluding carboxylic acids is 2. The molecule has 3 rings (SSSR count). The molecular weight excluding hydrogens is 524 g/mol. The molecule has 0 aliphatic carbocycles. The van der Waals surface area contributed by atoms with Crippen molar-refractivity contribution in [3.05, 3.63) is 70.0 Å². The Morgan fingerprint density at radius 2 is 1.74 bits per heavy atom. The molecule has 0 aliphatic rings. The van der Waals surface area contributed by atoms with E-state index in [1.165, 1.54) is 31.5 Å². The second-order valence-corrected chi connectivity index (χ2v) is 11.2. The molecule has 0 bridgehead atoms. The third-order valence-electron chi connectivity index (χ3n) is 4.69. The van der Waals surface area contributed by atoms with Gasteiger partial charge in [0.25, 0.3) is 10.0 Å². The van der Waals surface area contributed by atoms with E-state index in [0.717, 1.165) is 9.54 Å². The number of hydrogen-bond acceptors (Lipinski definition) is 6. The molecule has 0 spiro atoms. The quantitative estimate of drug-likeness (QED) is 0.356. The van der Waals surface area contributed by atoms with E-state index in [-0.39, 0.29) is 10.6 Å². The highest BCUT2D eigenvalue weighted by Gasteiger charge is 2.24. The summed E-state index contributed by atoms with van der Waals surface area (Å²) < 4.78 is 38.7. The predicted octanol–water partition coefficient (Wildman–Crippen LogP) is 4.99. The highest BCUT2D eigenvalue weighted by atomic mass is 79.9. The molecular formula is C24H25BrN2O6S. The Bertz CT molecular complexity index is 1380. The zero-order chi connectivity index (χ0) is 25.3. The zero-order valence-corrected chi connectivity index (χ0v) is 21.8. The second-order valence-electron chi connectivity index (χ2n) is 8.51. The van der Waals surface area contributed by atoms with Gasteiger partial charge in [-0.3, -0.25) is 5.32 Å². The zero-order valence-electron chi connectivity index (χ0n) is 19.4. The second kappa shape index (κ2) is 9.63. The fourth-order valence-corrected chi connectivity index (χ4v) is 5.15. The smallest absolute Gasteiger partial charge is 0.412 e. The molecule has 8 nitrogen and oxygen atoms in total. The largest absolute Gasteiger partial charge is 0.464 e. The minimum absolute atomic E-state index is 0.116. The Hall–Kier alpha value is -3.11. The van der Waals surface area contributed by atoms with Gasteiger partial charge < -0.3 is 9.47 Å². The van der Waals surface area contributed by atoms with Gasteiger partial charge in [0, 0.05) is 21.6 Å².